The number of nitrogens with one attached hydrogen (secondary N) is 1. The van der Waals surface area contributed by atoms with E-state index in [4.69, 9.17) is 9.47 Å². The monoisotopic (exact) mass is 381 g/mol. The molecule has 1 saturated heterocycles. The molecular formula is C18H11N3O7. The number of anilines is 1. The number of rotatable bonds is 3. The molecule has 2 aliphatic heterocycles. The maximum Gasteiger partial charge on any atom is 0.335 e. The number of hydrogen-bond acceptors (Lipinski definition) is 7. The molecule has 0 saturated carbocycles. The summed E-state index contributed by atoms with van der Waals surface area (Å²) in [6, 6.07) is 8.85. The van der Waals surface area contributed by atoms with Crippen LogP contribution in [-0.2, 0) is 9.59 Å². The van der Waals surface area contributed by atoms with Gasteiger partial charge in [-0.25, -0.2) is 9.69 Å². The zero-order valence-corrected chi connectivity index (χ0v) is 14.1. The van der Waals surface area contributed by atoms with E-state index in [2.05, 4.69) is 5.32 Å². The Kier molecular flexibility index (Phi) is 4.00. The van der Waals surface area contributed by atoms with E-state index in [1.807, 2.05) is 0 Å². The molecule has 0 spiro atoms. The summed E-state index contributed by atoms with van der Waals surface area (Å²) >= 11 is 0. The Bertz CT molecular complexity index is 1080. The molecule has 4 rings (SSSR count). The summed E-state index contributed by atoms with van der Waals surface area (Å²) in [7, 11) is 0. The first kappa shape index (κ1) is 17.2. The van der Waals surface area contributed by atoms with Crippen molar-refractivity contribution in [3.8, 4) is 11.5 Å². The van der Waals surface area contributed by atoms with Crippen molar-refractivity contribution in [1.29, 1.82) is 0 Å². The van der Waals surface area contributed by atoms with Gasteiger partial charge >= 0.3 is 6.03 Å². The summed E-state index contributed by atoms with van der Waals surface area (Å²) in [5, 5.41) is 13.0. The smallest absolute Gasteiger partial charge is 0.335 e. The lowest BCUT2D eigenvalue weighted by Gasteiger charge is -2.26. The van der Waals surface area contributed by atoms with Gasteiger partial charge in [-0.05, 0) is 29.8 Å². The van der Waals surface area contributed by atoms with Gasteiger partial charge in [0.1, 0.15) is 5.57 Å². The predicted octanol–water partition coefficient (Wildman–Crippen LogP) is 1.99. The Morgan fingerprint density at radius 2 is 1.86 bits per heavy atom. The maximum atomic E-state index is 12.8. The quantitative estimate of drug-likeness (QED) is 0.373. The number of nitro groups is 1. The van der Waals surface area contributed by atoms with Gasteiger partial charge in [0.25, 0.3) is 17.5 Å². The third-order valence-corrected chi connectivity index (χ3v) is 4.11. The third kappa shape index (κ3) is 2.92. The standard InChI is InChI=1S/C18H11N3O7/c22-16-13(6-10-4-5-14-15(7-10)28-9-27-14)17(23)20(18(24)19-16)11-2-1-3-12(8-11)21(25)26/h1-8H,9H2,(H,19,22,24)/b13-6+. The van der Waals surface area contributed by atoms with Gasteiger partial charge < -0.3 is 9.47 Å². The Hall–Kier alpha value is -4.21. The van der Waals surface area contributed by atoms with Gasteiger partial charge in [0.05, 0.1) is 10.6 Å². The van der Waals surface area contributed by atoms with Crippen LogP contribution < -0.4 is 19.7 Å². The molecule has 0 atom stereocenters. The van der Waals surface area contributed by atoms with E-state index in [0.29, 0.717) is 22.0 Å². The Labute approximate surface area is 157 Å². The number of nitrogens with zero attached hydrogens (tertiary/aromatic N) is 2. The molecule has 0 radical (unpaired) electrons. The zero-order valence-electron chi connectivity index (χ0n) is 14.1. The summed E-state index contributed by atoms with van der Waals surface area (Å²) in [4.78, 5) is 48.2. The number of amides is 4. The minimum Gasteiger partial charge on any atom is -0.454 e. The lowest BCUT2D eigenvalue weighted by atomic mass is 10.1. The van der Waals surface area contributed by atoms with Gasteiger partial charge in [-0.15, -0.1) is 0 Å². The second-order valence-corrected chi connectivity index (χ2v) is 5.85. The summed E-state index contributed by atoms with van der Waals surface area (Å²) in [6.07, 6.45) is 1.30. The third-order valence-electron chi connectivity index (χ3n) is 4.11. The summed E-state index contributed by atoms with van der Waals surface area (Å²) in [6.45, 7) is 0.0733. The first-order valence-corrected chi connectivity index (χ1v) is 7.99. The number of carbonyl (C=O) groups excluding carboxylic acids is 3. The van der Waals surface area contributed by atoms with Gasteiger partial charge in [-0.1, -0.05) is 12.1 Å². The molecule has 2 aliphatic rings. The van der Waals surface area contributed by atoms with Crippen LogP contribution in [0.1, 0.15) is 5.56 Å². The van der Waals surface area contributed by atoms with E-state index >= 15 is 0 Å². The number of urea groups is 1. The van der Waals surface area contributed by atoms with Crippen molar-refractivity contribution in [2.75, 3.05) is 11.7 Å². The van der Waals surface area contributed by atoms with Crippen molar-refractivity contribution in [2.24, 2.45) is 0 Å². The van der Waals surface area contributed by atoms with Crippen LogP contribution in [0.25, 0.3) is 6.08 Å². The minimum absolute atomic E-state index is 0.0270. The fraction of sp³-hybridized carbons (Fsp3) is 0.0556. The average Bonchev–Trinajstić information content (AvgIpc) is 3.13. The van der Waals surface area contributed by atoms with Gasteiger partial charge in [-0.3, -0.25) is 25.0 Å². The second kappa shape index (κ2) is 6.50. The Morgan fingerprint density at radius 3 is 2.64 bits per heavy atom. The van der Waals surface area contributed by atoms with Crippen LogP contribution in [-0.4, -0.2) is 29.6 Å². The summed E-state index contributed by atoms with van der Waals surface area (Å²) in [5.41, 5.74) is -0.141. The Balaban J connectivity index is 1.72. The molecule has 2 heterocycles. The molecule has 4 amide bonds. The average molecular weight is 381 g/mol. The first-order valence-electron chi connectivity index (χ1n) is 7.99. The van der Waals surface area contributed by atoms with E-state index in [0.717, 1.165) is 6.07 Å². The highest BCUT2D eigenvalue weighted by molar-refractivity contribution is 6.39. The van der Waals surface area contributed by atoms with Gasteiger partial charge in [-0.2, -0.15) is 0 Å². The van der Waals surface area contributed by atoms with Crippen molar-refractivity contribution < 1.29 is 28.8 Å². The van der Waals surface area contributed by atoms with E-state index in [1.54, 1.807) is 18.2 Å². The molecule has 0 bridgehead atoms. The summed E-state index contributed by atoms with van der Waals surface area (Å²) < 4.78 is 10.5. The number of non-ortho nitro benzene ring substituents is 1. The van der Waals surface area contributed by atoms with Crippen LogP contribution in [0.4, 0.5) is 16.2 Å². The lowest BCUT2D eigenvalue weighted by molar-refractivity contribution is -0.384. The molecule has 0 aromatic heterocycles. The largest absolute Gasteiger partial charge is 0.454 e. The number of benzene rings is 2. The van der Waals surface area contributed by atoms with Crippen molar-refractivity contribution in [3.63, 3.8) is 0 Å². The number of carbonyl (C=O) groups is 3. The van der Waals surface area contributed by atoms with Crippen molar-refractivity contribution in [1.82, 2.24) is 5.32 Å². The molecule has 2 aromatic rings. The number of ether oxygens (including phenoxy) is 2. The topological polar surface area (TPSA) is 128 Å². The van der Waals surface area contributed by atoms with E-state index in [-0.39, 0.29) is 23.7 Å². The molecule has 140 valence electrons. The molecule has 1 N–H and O–H groups in total. The second-order valence-electron chi connectivity index (χ2n) is 5.85. The number of nitro benzene ring substituents is 1. The normalized spacial score (nSPS) is 17.1. The Morgan fingerprint density at radius 1 is 1.07 bits per heavy atom. The number of hydrogen-bond donors (Lipinski definition) is 1. The van der Waals surface area contributed by atoms with Gasteiger partial charge in [0, 0.05) is 12.1 Å². The van der Waals surface area contributed by atoms with Gasteiger partial charge in [0.15, 0.2) is 11.5 Å². The zero-order chi connectivity index (χ0) is 19.8. The van der Waals surface area contributed by atoms with Crippen molar-refractivity contribution in [3.05, 3.63) is 63.7 Å². The lowest BCUT2D eigenvalue weighted by Crippen LogP contribution is -2.54. The highest BCUT2D eigenvalue weighted by Crippen LogP contribution is 2.33. The maximum absolute atomic E-state index is 12.8. The van der Waals surface area contributed by atoms with Crippen LogP contribution in [0.2, 0.25) is 0 Å². The van der Waals surface area contributed by atoms with E-state index < -0.39 is 22.8 Å². The van der Waals surface area contributed by atoms with E-state index in [9.17, 15) is 24.5 Å². The molecule has 10 nitrogen and oxygen atoms in total. The molecule has 2 aromatic carbocycles. The molecule has 10 heteroatoms. The highest BCUT2D eigenvalue weighted by atomic mass is 16.7. The van der Waals surface area contributed by atoms with Crippen molar-refractivity contribution >= 4 is 35.3 Å². The predicted molar refractivity (Wildman–Crippen MR) is 94.7 cm³/mol. The molecular weight excluding hydrogens is 370 g/mol. The van der Waals surface area contributed by atoms with Crippen LogP contribution in [0.15, 0.2) is 48.0 Å². The number of imide groups is 2. The molecule has 0 unspecified atom stereocenters. The van der Waals surface area contributed by atoms with Crippen LogP contribution in [0.5, 0.6) is 11.5 Å². The highest BCUT2D eigenvalue weighted by Gasteiger charge is 2.37. The number of fused-ring (bicyclic) bond motifs is 1. The van der Waals surface area contributed by atoms with Gasteiger partial charge in [0.2, 0.25) is 6.79 Å². The van der Waals surface area contributed by atoms with Crippen LogP contribution in [0.3, 0.4) is 0 Å². The molecule has 28 heavy (non-hydrogen) atoms. The minimum atomic E-state index is -0.988. The summed E-state index contributed by atoms with van der Waals surface area (Å²) in [5.74, 6) is -0.763. The fourth-order valence-electron chi connectivity index (χ4n) is 2.81. The molecule has 1 fully saturated rings. The fourth-order valence-corrected chi connectivity index (χ4v) is 2.81. The first-order chi connectivity index (χ1) is 13.4. The molecule has 0 aliphatic carbocycles. The van der Waals surface area contributed by atoms with Crippen molar-refractivity contribution in [2.45, 2.75) is 0 Å². The SMILES string of the molecule is O=C1NC(=O)N(c2cccc([N+](=O)[O-])c2)C(=O)/C1=C/c1ccc2c(c1)OCO2. The number of barbiturate groups is 1. The van der Waals surface area contributed by atoms with Crippen LogP contribution >= 0.6 is 0 Å². The van der Waals surface area contributed by atoms with Crippen LogP contribution in [0, 0.1) is 10.1 Å². The van der Waals surface area contributed by atoms with E-state index in [1.165, 1.54) is 24.3 Å².